The first-order valence-electron chi connectivity index (χ1n) is 10.3. The van der Waals surface area contributed by atoms with Crippen molar-refractivity contribution >= 4 is 34.1 Å². The van der Waals surface area contributed by atoms with Gasteiger partial charge in [-0.1, -0.05) is 60.1 Å². The molecule has 6 nitrogen and oxygen atoms in total. The number of carbonyl (C=O) groups excluding carboxylic acids is 1. The number of nitrogens with one attached hydrogen (secondary N) is 3. The second kappa shape index (κ2) is 9.34. The first kappa shape index (κ1) is 21.7. The Morgan fingerprint density at radius 1 is 1.09 bits per heavy atom. The summed E-state index contributed by atoms with van der Waals surface area (Å²) in [6.45, 7) is 2.28. The number of fused-ring (bicyclic) bond motifs is 1. The van der Waals surface area contributed by atoms with Gasteiger partial charge < -0.3 is 15.2 Å². The van der Waals surface area contributed by atoms with E-state index >= 15 is 0 Å². The molecule has 0 bridgehead atoms. The number of hydrogen-bond donors (Lipinski definition) is 3. The normalized spacial score (nSPS) is 13.0. The minimum atomic E-state index is -0.520. The topological polar surface area (TPSA) is 79.3 Å². The van der Waals surface area contributed by atoms with E-state index in [1.807, 2.05) is 74.6 Å². The Labute approximate surface area is 190 Å². The van der Waals surface area contributed by atoms with E-state index in [1.165, 1.54) is 0 Å². The molecule has 2 atom stereocenters. The lowest BCUT2D eigenvalue weighted by Gasteiger charge is -2.24. The number of aryl methyl sites for hydroxylation is 1. The van der Waals surface area contributed by atoms with E-state index in [0.29, 0.717) is 34.0 Å². The number of benzene rings is 3. The number of H-pyrrole nitrogens is 1. The number of nitrogens with zero attached hydrogens (tertiary/aromatic N) is 1. The average molecular weight is 448 g/mol. The van der Waals surface area contributed by atoms with Gasteiger partial charge in [-0.2, -0.15) is 0 Å². The molecule has 1 aromatic heterocycles. The third-order valence-corrected chi connectivity index (χ3v) is 5.84. The van der Waals surface area contributed by atoms with Gasteiger partial charge in [0.1, 0.15) is 6.54 Å². The molecular formula is C25H24ClN4O2+. The number of aromatic amines is 1. The number of rotatable bonds is 6. The molecule has 32 heavy (non-hydrogen) atoms. The molecule has 3 aromatic carbocycles. The number of quaternary nitrogens is 1. The Balaban J connectivity index is 1.63. The molecular weight excluding hydrogens is 424 g/mol. The maximum Gasteiger partial charge on any atom is 0.287 e. The number of anilines is 1. The number of para-hydroxylation sites is 1. The summed E-state index contributed by atoms with van der Waals surface area (Å²) >= 11 is 6.23. The minimum absolute atomic E-state index is 0.170. The first-order chi connectivity index (χ1) is 15.4. The molecule has 3 N–H and O–H groups in total. The molecule has 0 aliphatic carbocycles. The molecule has 1 heterocycles. The van der Waals surface area contributed by atoms with Crippen LogP contribution in [0.1, 0.15) is 23.0 Å². The van der Waals surface area contributed by atoms with E-state index in [4.69, 9.17) is 11.6 Å². The largest absolute Gasteiger partial charge is 0.321 e. The maximum atomic E-state index is 13.4. The third-order valence-electron chi connectivity index (χ3n) is 5.44. The van der Waals surface area contributed by atoms with Crippen LogP contribution in [0.15, 0.2) is 77.6 Å². The quantitative estimate of drug-likeness (QED) is 0.424. The van der Waals surface area contributed by atoms with Gasteiger partial charge >= 0.3 is 0 Å². The van der Waals surface area contributed by atoms with Crippen molar-refractivity contribution in [1.82, 2.24) is 9.97 Å². The number of hydrogen-bond acceptors (Lipinski definition) is 3. The average Bonchev–Trinajstić information content (AvgIpc) is 2.77. The zero-order valence-electron chi connectivity index (χ0n) is 17.9. The molecule has 0 saturated heterocycles. The van der Waals surface area contributed by atoms with Crippen LogP contribution >= 0.6 is 11.6 Å². The molecule has 0 spiro atoms. The van der Waals surface area contributed by atoms with Crippen LogP contribution in [0.5, 0.6) is 0 Å². The lowest BCUT2D eigenvalue weighted by Crippen LogP contribution is -3.09. The lowest BCUT2D eigenvalue weighted by atomic mass is 10.0. The van der Waals surface area contributed by atoms with Crippen LogP contribution in [-0.4, -0.2) is 22.9 Å². The van der Waals surface area contributed by atoms with Crippen LogP contribution in [0.4, 0.5) is 5.69 Å². The Morgan fingerprint density at radius 3 is 2.56 bits per heavy atom. The number of carbonyl (C=O) groups is 1. The van der Waals surface area contributed by atoms with Crippen molar-refractivity contribution in [2.24, 2.45) is 0 Å². The highest BCUT2D eigenvalue weighted by Crippen LogP contribution is 2.21. The zero-order chi connectivity index (χ0) is 22.7. The van der Waals surface area contributed by atoms with Gasteiger partial charge in [0.2, 0.25) is 0 Å². The first-order valence-corrected chi connectivity index (χ1v) is 10.7. The molecule has 0 aliphatic heterocycles. The standard InChI is InChI=1S/C25H23ClN4O2/c1-16-12-13-18(14-20(16)26)27-25(32)23(17-8-4-3-5-9-17)30(2)15-22-28-21-11-7-6-10-19(21)24(31)29-22/h3-14,23H,15H2,1-2H3,(H,27,32)(H,28,29,31)/p+1/t23-/m0/s1. The molecule has 0 radical (unpaired) electrons. The second-order valence-electron chi connectivity index (χ2n) is 7.85. The van der Waals surface area contributed by atoms with Crippen LogP contribution in [0.2, 0.25) is 5.02 Å². The highest BCUT2D eigenvalue weighted by atomic mass is 35.5. The van der Waals surface area contributed by atoms with Gasteiger partial charge in [0.05, 0.1) is 18.0 Å². The summed E-state index contributed by atoms with van der Waals surface area (Å²) in [4.78, 5) is 34.1. The van der Waals surface area contributed by atoms with Crippen molar-refractivity contribution in [3.63, 3.8) is 0 Å². The lowest BCUT2D eigenvalue weighted by molar-refractivity contribution is -0.916. The molecule has 1 amide bonds. The molecule has 0 aliphatic rings. The van der Waals surface area contributed by atoms with Crippen LogP contribution < -0.4 is 15.8 Å². The van der Waals surface area contributed by atoms with E-state index in [2.05, 4.69) is 15.3 Å². The number of halogens is 1. The zero-order valence-corrected chi connectivity index (χ0v) is 18.6. The van der Waals surface area contributed by atoms with Crippen LogP contribution in [-0.2, 0) is 11.3 Å². The third kappa shape index (κ3) is 4.72. The van der Waals surface area contributed by atoms with E-state index < -0.39 is 6.04 Å². The van der Waals surface area contributed by atoms with Crippen LogP contribution in [0.25, 0.3) is 10.9 Å². The van der Waals surface area contributed by atoms with Crippen molar-refractivity contribution in [2.75, 3.05) is 12.4 Å². The Hall–Kier alpha value is -3.48. The van der Waals surface area contributed by atoms with Crippen molar-refractivity contribution < 1.29 is 9.69 Å². The highest BCUT2D eigenvalue weighted by molar-refractivity contribution is 6.31. The van der Waals surface area contributed by atoms with Gasteiger partial charge in [-0.15, -0.1) is 0 Å². The summed E-state index contributed by atoms with van der Waals surface area (Å²) in [7, 11) is 1.91. The summed E-state index contributed by atoms with van der Waals surface area (Å²) in [5.41, 5.74) is 2.89. The van der Waals surface area contributed by atoms with E-state index in [1.54, 1.807) is 12.1 Å². The van der Waals surface area contributed by atoms with Gasteiger partial charge in [-0.3, -0.25) is 9.59 Å². The van der Waals surface area contributed by atoms with Gasteiger partial charge in [0.15, 0.2) is 11.9 Å². The van der Waals surface area contributed by atoms with E-state index in [0.717, 1.165) is 16.0 Å². The van der Waals surface area contributed by atoms with Gasteiger partial charge in [-0.05, 0) is 36.8 Å². The summed E-state index contributed by atoms with van der Waals surface area (Å²) < 4.78 is 0. The molecule has 0 fully saturated rings. The van der Waals surface area contributed by atoms with Crippen molar-refractivity contribution in [3.05, 3.63) is 105 Å². The highest BCUT2D eigenvalue weighted by Gasteiger charge is 2.30. The number of aromatic nitrogens is 2. The van der Waals surface area contributed by atoms with Gasteiger partial charge in [-0.25, -0.2) is 4.98 Å². The molecule has 0 saturated carbocycles. The predicted octanol–water partition coefficient (Wildman–Crippen LogP) is 3.28. The Kier molecular flexibility index (Phi) is 6.35. The van der Waals surface area contributed by atoms with Gasteiger partial charge in [0, 0.05) is 16.3 Å². The number of amides is 1. The molecule has 162 valence electrons. The molecule has 4 rings (SSSR count). The van der Waals surface area contributed by atoms with Crippen molar-refractivity contribution in [2.45, 2.75) is 19.5 Å². The maximum absolute atomic E-state index is 13.4. The summed E-state index contributed by atoms with van der Waals surface area (Å²) in [6.07, 6.45) is 0. The Morgan fingerprint density at radius 2 is 1.81 bits per heavy atom. The Bertz CT molecular complexity index is 1320. The van der Waals surface area contributed by atoms with Crippen LogP contribution in [0, 0.1) is 6.92 Å². The second-order valence-corrected chi connectivity index (χ2v) is 8.26. The smallest absolute Gasteiger partial charge is 0.287 e. The number of likely N-dealkylation sites (N-methyl/N-ethyl adjacent to an activating group) is 1. The molecule has 4 aromatic rings. The fourth-order valence-corrected chi connectivity index (χ4v) is 3.96. The summed E-state index contributed by atoms with van der Waals surface area (Å²) in [5, 5.41) is 4.12. The van der Waals surface area contributed by atoms with Crippen molar-refractivity contribution in [1.29, 1.82) is 0 Å². The minimum Gasteiger partial charge on any atom is -0.321 e. The summed E-state index contributed by atoms with van der Waals surface area (Å²) in [6, 6.07) is 21.7. The van der Waals surface area contributed by atoms with Crippen LogP contribution in [0.3, 0.4) is 0 Å². The monoisotopic (exact) mass is 447 g/mol. The fourth-order valence-electron chi connectivity index (χ4n) is 3.77. The fraction of sp³-hybridized carbons (Fsp3) is 0.160. The molecule has 7 heteroatoms. The van der Waals surface area contributed by atoms with Gasteiger partial charge in [0.25, 0.3) is 11.5 Å². The van der Waals surface area contributed by atoms with E-state index in [-0.39, 0.29) is 11.5 Å². The predicted molar refractivity (Wildman–Crippen MR) is 127 cm³/mol. The SMILES string of the molecule is Cc1ccc(NC(=O)[C@H](c2ccccc2)[NH+](C)Cc2nc3ccccc3c(=O)[nH]2)cc1Cl. The van der Waals surface area contributed by atoms with Crippen molar-refractivity contribution in [3.8, 4) is 0 Å². The van der Waals surface area contributed by atoms with E-state index in [9.17, 15) is 9.59 Å². The molecule has 1 unspecified atom stereocenters. The summed E-state index contributed by atoms with van der Waals surface area (Å²) in [5.74, 6) is 0.357.